The number of nitrogens with zero attached hydrogens (tertiary/aromatic N) is 4. The number of ether oxygens (including phenoxy) is 1. The third kappa shape index (κ3) is 5.13. The van der Waals surface area contributed by atoms with Gasteiger partial charge in [-0.3, -0.25) is 19.8 Å². The van der Waals surface area contributed by atoms with E-state index in [2.05, 4.69) is 25.0 Å². The number of aromatic amines is 1. The molecule has 184 valence electrons. The van der Waals surface area contributed by atoms with E-state index in [1.165, 1.54) is 0 Å². The lowest BCUT2D eigenvalue weighted by Gasteiger charge is -2.32. The summed E-state index contributed by atoms with van der Waals surface area (Å²) in [6.07, 6.45) is 0.709. The highest BCUT2D eigenvalue weighted by Crippen LogP contribution is 2.41. The van der Waals surface area contributed by atoms with Crippen LogP contribution in [0.2, 0.25) is 0 Å². The maximum Gasteiger partial charge on any atom is 0.411 e. The van der Waals surface area contributed by atoms with Gasteiger partial charge in [0.05, 0.1) is 29.0 Å². The normalized spacial score (nSPS) is 15.1. The van der Waals surface area contributed by atoms with E-state index in [0.29, 0.717) is 23.6 Å². The van der Waals surface area contributed by atoms with Crippen LogP contribution in [-0.4, -0.2) is 62.1 Å². The second-order valence-electron chi connectivity index (χ2n) is 9.03. The Morgan fingerprint density at radius 3 is 2.69 bits per heavy atom. The maximum atomic E-state index is 13.4. The molecule has 1 aliphatic rings. The van der Waals surface area contributed by atoms with Gasteiger partial charge in [-0.1, -0.05) is 43.4 Å². The van der Waals surface area contributed by atoms with Gasteiger partial charge >= 0.3 is 6.09 Å². The molecule has 2 aromatic heterocycles. The van der Waals surface area contributed by atoms with E-state index in [1.807, 2.05) is 69.2 Å². The highest BCUT2D eigenvalue weighted by Gasteiger charge is 2.45. The maximum absolute atomic E-state index is 13.4. The van der Waals surface area contributed by atoms with Crippen molar-refractivity contribution in [1.29, 1.82) is 0 Å². The smallest absolute Gasteiger partial charge is 0.411 e. The van der Waals surface area contributed by atoms with Crippen molar-refractivity contribution in [2.75, 3.05) is 26.0 Å². The van der Waals surface area contributed by atoms with Gasteiger partial charge in [0.15, 0.2) is 11.9 Å². The number of hydrogen-bond acceptors (Lipinski definition) is 6. The van der Waals surface area contributed by atoms with Gasteiger partial charge in [-0.15, -0.1) is 0 Å². The number of halogens is 1. The summed E-state index contributed by atoms with van der Waals surface area (Å²) in [6.45, 7) is 4.61. The van der Waals surface area contributed by atoms with Crippen molar-refractivity contribution >= 4 is 43.1 Å². The molecule has 4 rings (SSSR count). The fraction of sp³-hybridized carbons (Fsp3) is 0.320. The number of anilines is 1. The van der Waals surface area contributed by atoms with E-state index < -0.39 is 38.5 Å². The highest BCUT2D eigenvalue weighted by molar-refractivity contribution is 14.2. The quantitative estimate of drug-likeness (QED) is 0.403. The summed E-state index contributed by atoms with van der Waals surface area (Å²) in [5.41, 5.74) is 2.12. The summed E-state index contributed by atoms with van der Waals surface area (Å²) in [4.78, 5) is 34.3. The molecule has 1 aliphatic heterocycles. The molecule has 3 aromatic rings. The number of aromatic nitrogens is 3. The zero-order chi connectivity index (χ0) is 25.2. The fourth-order valence-corrected chi connectivity index (χ4v) is 5.42. The number of pyridine rings is 1. The minimum Gasteiger partial charge on any atom is -0.438 e. The Labute approximate surface area is 214 Å². The number of carbonyl (C=O) groups is 2. The van der Waals surface area contributed by atoms with Crippen LogP contribution in [0.5, 0.6) is 0 Å². The van der Waals surface area contributed by atoms with Crippen LogP contribution in [0.4, 0.5) is 10.6 Å². The summed E-state index contributed by atoms with van der Waals surface area (Å²) in [6, 6.07) is 13.0. The molecule has 0 spiro atoms. The Morgan fingerprint density at radius 1 is 1.26 bits per heavy atom. The van der Waals surface area contributed by atoms with Crippen LogP contribution in [-0.2, 0) is 16.8 Å². The van der Waals surface area contributed by atoms with E-state index in [4.69, 9.17) is 4.74 Å². The number of nitrogens with one attached hydrogen (secondary N) is 2. The molecule has 0 radical (unpaired) electrons. The molecule has 0 aliphatic carbocycles. The average molecular weight is 588 g/mol. The second-order valence-corrected chi connectivity index (χ2v) is 11.0. The molecule has 3 heterocycles. The van der Waals surface area contributed by atoms with Gasteiger partial charge in [0, 0.05) is 21.9 Å². The third-order valence-corrected chi connectivity index (χ3v) is 7.74. The highest BCUT2D eigenvalue weighted by atomic mass is 127. The van der Waals surface area contributed by atoms with Gasteiger partial charge in [0.2, 0.25) is 0 Å². The number of hydrogen-bond donors (Lipinski definition) is 2. The molecular weight excluding hydrogens is 559 g/mol. The Balaban J connectivity index is 1.54. The van der Waals surface area contributed by atoms with Crippen molar-refractivity contribution in [3.63, 3.8) is 0 Å². The van der Waals surface area contributed by atoms with Crippen molar-refractivity contribution < 1.29 is 14.3 Å². The molecule has 0 saturated carbocycles. The molecule has 0 saturated heterocycles. The lowest BCUT2D eigenvalue weighted by atomic mass is 10.0. The summed E-state index contributed by atoms with van der Waals surface area (Å²) < 4.78 is 10.9. The number of likely N-dealkylation sites (N-methyl/N-ethyl adjacent to an activating group) is 1. The molecule has 1 atom stereocenters. The molecular formula is C25H29IN6O3. The number of fused-ring (bicyclic) bond motifs is 1. The molecule has 2 N–H and O–H groups in total. The molecule has 0 bridgehead atoms. The van der Waals surface area contributed by atoms with Crippen LogP contribution in [0.25, 0.3) is 0 Å². The van der Waals surface area contributed by atoms with Crippen LogP contribution in [0.15, 0.2) is 48.7 Å². The van der Waals surface area contributed by atoms with Gasteiger partial charge < -0.3 is 15.0 Å². The molecule has 2 amide bonds. The first-order valence-electron chi connectivity index (χ1n) is 11.1. The topological polar surface area (TPSA) is 103 Å². The SMILES string of the molecule is C=Ic1ccccc1C(=O)Nc1n[nH]c2c1CN(C(=O)O[C@H](CN(C)C)c1ccccn1)C2(C)C. The predicted molar refractivity (Wildman–Crippen MR) is 143 cm³/mol. The molecule has 10 heteroatoms. The molecule has 0 unspecified atom stereocenters. The summed E-state index contributed by atoms with van der Waals surface area (Å²) in [5, 5.41) is 10.3. The van der Waals surface area contributed by atoms with Crippen LogP contribution in [0.1, 0.15) is 47.3 Å². The van der Waals surface area contributed by atoms with Crippen LogP contribution in [0.3, 0.4) is 0 Å². The van der Waals surface area contributed by atoms with Crippen molar-refractivity contribution in [3.05, 3.63) is 74.7 Å². The van der Waals surface area contributed by atoms with Crippen molar-refractivity contribution in [1.82, 2.24) is 25.0 Å². The minimum absolute atomic E-state index is 0.238. The lowest BCUT2D eigenvalue weighted by Crippen LogP contribution is -2.42. The van der Waals surface area contributed by atoms with Crippen molar-refractivity contribution in [3.8, 4) is 0 Å². The van der Waals surface area contributed by atoms with Gasteiger partial charge in [0.1, 0.15) is 0 Å². The van der Waals surface area contributed by atoms with Crippen LogP contribution >= 0.6 is 20.7 Å². The molecule has 0 fully saturated rings. The summed E-state index contributed by atoms with van der Waals surface area (Å²) in [7, 11) is 3.84. The van der Waals surface area contributed by atoms with Crippen molar-refractivity contribution in [2.45, 2.75) is 32.0 Å². The van der Waals surface area contributed by atoms with Gasteiger partial charge in [0.25, 0.3) is 5.91 Å². The van der Waals surface area contributed by atoms with E-state index in [9.17, 15) is 9.59 Å². The Kier molecular flexibility index (Phi) is 7.31. The molecule has 1 aromatic carbocycles. The van der Waals surface area contributed by atoms with E-state index in [0.717, 1.165) is 14.8 Å². The van der Waals surface area contributed by atoms with Crippen LogP contribution in [0, 0.1) is 3.57 Å². The first-order chi connectivity index (χ1) is 16.7. The van der Waals surface area contributed by atoms with Crippen molar-refractivity contribution in [2.24, 2.45) is 0 Å². The van der Waals surface area contributed by atoms with E-state index in [-0.39, 0.29) is 12.5 Å². The first kappa shape index (κ1) is 25.0. The Morgan fingerprint density at radius 2 is 2.00 bits per heavy atom. The van der Waals surface area contributed by atoms with Gasteiger partial charge in [-0.05, 0) is 52.2 Å². The average Bonchev–Trinajstić information content (AvgIpc) is 3.36. The number of benzene rings is 1. The first-order valence-corrected chi connectivity index (χ1v) is 13.7. The number of amides is 2. The van der Waals surface area contributed by atoms with Crippen LogP contribution < -0.4 is 5.32 Å². The zero-order valence-corrected chi connectivity index (χ0v) is 22.4. The van der Waals surface area contributed by atoms with Gasteiger partial charge in [-0.2, -0.15) is 5.10 Å². The fourth-order valence-electron chi connectivity index (χ4n) is 4.12. The van der Waals surface area contributed by atoms with E-state index >= 15 is 0 Å². The van der Waals surface area contributed by atoms with E-state index in [1.54, 1.807) is 17.2 Å². The largest absolute Gasteiger partial charge is 0.438 e. The Hall–Kier alpha value is -3.12. The lowest BCUT2D eigenvalue weighted by molar-refractivity contribution is 0.0244. The monoisotopic (exact) mass is 588 g/mol. The molecule has 9 nitrogen and oxygen atoms in total. The number of H-pyrrole nitrogens is 1. The van der Waals surface area contributed by atoms with Gasteiger partial charge in [-0.25, -0.2) is 4.79 Å². The predicted octanol–water partition coefficient (Wildman–Crippen LogP) is 4.12. The summed E-state index contributed by atoms with van der Waals surface area (Å²) >= 11 is -0.500. The summed E-state index contributed by atoms with van der Waals surface area (Å²) in [5.74, 6) is 0.179. The number of carbonyl (C=O) groups excluding carboxylic acids is 2. The number of rotatable bonds is 7. The zero-order valence-electron chi connectivity index (χ0n) is 20.2. The second kappa shape index (κ2) is 10.2. The Bertz CT molecular complexity index is 1240. The third-order valence-electron chi connectivity index (χ3n) is 5.98. The standard InChI is InChI=1S/C25H29IN6O3/c1-25(2)21-17(22(30-29-21)28-23(33)16-10-6-7-11-18(16)26-3)14-32(25)24(34)35-20(15-31(4)5)19-12-8-9-13-27-19/h6-13,20H,3,14-15H2,1-2,4-5H3,(H2,28,29,30,33)/t20-/m1/s1. The minimum atomic E-state index is -0.702. The molecule has 35 heavy (non-hydrogen) atoms.